The van der Waals surface area contributed by atoms with Crippen molar-refractivity contribution in [2.75, 3.05) is 32.1 Å². The van der Waals surface area contributed by atoms with Crippen molar-refractivity contribution in [3.63, 3.8) is 0 Å². The molecule has 0 aliphatic heterocycles. The summed E-state index contributed by atoms with van der Waals surface area (Å²) in [5, 5.41) is 8.26. The number of benzene rings is 1. The van der Waals surface area contributed by atoms with Gasteiger partial charge in [0.2, 0.25) is 0 Å². The molecular formula is C17H23ClN3O5P. The summed E-state index contributed by atoms with van der Waals surface area (Å²) in [6, 6.07) is 14.0. The Balaban J connectivity index is 0.000000445. The molecule has 0 saturated heterocycles. The summed E-state index contributed by atoms with van der Waals surface area (Å²) in [4.78, 5) is 33.4. The predicted molar refractivity (Wildman–Crippen MR) is 105 cm³/mol. The lowest BCUT2D eigenvalue weighted by Gasteiger charge is -2.25. The normalized spacial score (nSPS) is 10.9. The lowest BCUT2D eigenvalue weighted by molar-refractivity contribution is 0.208. The Kier molecular flexibility index (Phi) is 9.41. The van der Waals surface area contributed by atoms with Crippen LogP contribution in [0.2, 0.25) is 5.02 Å². The van der Waals surface area contributed by atoms with Crippen LogP contribution in [-0.2, 0) is 11.1 Å². The summed E-state index contributed by atoms with van der Waals surface area (Å²) in [5.74, 6) is 1.00. The molecule has 27 heavy (non-hydrogen) atoms. The third-order valence-corrected chi connectivity index (χ3v) is 4.08. The van der Waals surface area contributed by atoms with Crippen LogP contribution in [0.25, 0.3) is 0 Å². The number of aromatic nitrogens is 1. The average Bonchev–Trinajstić information content (AvgIpc) is 2.60. The highest BCUT2D eigenvalue weighted by Crippen LogP contribution is 2.34. The molecule has 1 aromatic carbocycles. The molecule has 0 bridgehead atoms. The van der Waals surface area contributed by atoms with Crippen LogP contribution in [0, 0.1) is 0 Å². The van der Waals surface area contributed by atoms with Gasteiger partial charge in [0.1, 0.15) is 5.82 Å². The van der Waals surface area contributed by atoms with Gasteiger partial charge < -0.3 is 24.7 Å². The quantitative estimate of drug-likeness (QED) is 0.591. The highest BCUT2D eigenvalue weighted by Gasteiger charge is 2.23. The lowest BCUT2D eigenvalue weighted by atomic mass is 10.2. The minimum absolute atomic E-state index is 0.770. The van der Waals surface area contributed by atoms with E-state index in [-0.39, 0.29) is 0 Å². The molecule has 148 valence electrons. The Labute approximate surface area is 163 Å². The van der Waals surface area contributed by atoms with Crippen molar-refractivity contribution >= 4 is 30.7 Å². The molecule has 2 rings (SSSR count). The first kappa shape index (κ1) is 23.1. The molecule has 0 unspecified atom stereocenters. The number of hydrogen-bond donors (Lipinski definition) is 3. The molecular weight excluding hydrogens is 393 g/mol. The Morgan fingerprint density at radius 3 is 2.15 bits per heavy atom. The summed E-state index contributed by atoms with van der Waals surface area (Å²) in [7, 11) is -0.657. The van der Waals surface area contributed by atoms with E-state index in [9.17, 15) is 9.36 Å². The summed E-state index contributed by atoms with van der Waals surface area (Å²) in [5.41, 5.74) is -0.855. The minimum atomic E-state index is -4.82. The fourth-order valence-electron chi connectivity index (χ4n) is 1.95. The van der Waals surface area contributed by atoms with E-state index in [2.05, 4.69) is 41.0 Å². The van der Waals surface area contributed by atoms with Crippen molar-refractivity contribution in [2.24, 2.45) is 0 Å². The Hall–Kier alpha value is -1.96. The van der Waals surface area contributed by atoms with Gasteiger partial charge >= 0.3 is 13.3 Å². The fourth-order valence-corrected chi connectivity index (χ4v) is 2.07. The lowest BCUT2D eigenvalue weighted by Crippen LogP contribution is -2.31. The Bertz CT molecular complexity index is 753. The third kappa shape index (κ3) is 9.51. The smallest absolute Gasteiger partial charge is 0.433 e. The highest BCUT2D eigenvalue weighted by atomic mass is 35.5. The van der Waals surface area contributed by atoms with Crippen LogP contribution in [-0.4, -0.2) is 57.7 Å². The van der Waals surface area contributed by atoms with Gasteiger partial charge in [-0.1, -0.05) is 29.8 Å². The number of carbonyl (C=O) groups is 1. The molecule has 0 aliphatic carbocycles. The first-order valence-electron chi connectivity index (χ1n) is 7.94. The van der Waals surface area contributed by atoms with E-state index in [1.165, 1.54) is 5.56 Å². The summed E-state index contributed by atoms with van der Waals surface area (Å²) in [6.45, 7) is 2.76. The SMILES string of the molecule is CN(C)CCN(Cc1ccc(Cl)cc1)c1ccccn1.O=C(O)P(=O)(O)O. The number of halogens is 1. The number of hydrogen-bond acceptors (Lipinski definition) is 5. The van der Waals surface area contributed by atoms with Crippen LogP contribution in [0.4, 0.5) is 10.6 Å². The first-order chi connectivity index (χ1) is 12.6. The highest BCUT2D eigenvalue weighted by molar-refractivity contribution is 7.69. The topological polar surface area (TPSA) is 114 Å². The van der Waals surface area contributed by atoms with Gasteiger partial charge in [-0.2, -0.15) is 0 Å². The molecule has 0 saturated carbocycles. The maximum Gasteiger partial charge on any atom is 0.433 e. The molecule has 0 spiro atoms. The molecule has 2 aromatic rings. The number of rotatable bonds is 7. The zero-order valence-corrected chi connectivity index (χ0v) is 16.7. The second-order valence-electron chi connectivity index (χ2n) is 5.87. The summed E-state index contributed by atoms with van der Waals surface area (Å²) < 4.78 is 9.43. The molecule has 0 aliphatic rings. The summed E-state index contributed by atoms with van der Waals surface area (Å²) >= 11 is 5.94. The molecule has 10 heteroatoms. The van der Waals surface area contributed by atoms with Crippen molar-refractivity contribution in [1.29, 1.82) is 0 Å². The van der Waals surface area contributed by atoms with Gasteiger partial charge in [0, 0.05) is 30.9 Å². The van der Waals surface area contributed by atoms with E-state index >= 15 is 0 Å². The molecule has 0 atom stereocenters. The molecule has 0 radical (unpaired) electrons. The molecule has 1 heterocycles. The van der Waals surface area contributed by atoms with Crippen LogP contribution >= 0.6 is 19.2 Å². The van der Waals surface area contributed by atoms with Crippen molar-refractivity contribution in [2.45, 2.75) is 6.54 Å². The Morgan fingerprint density at radius 1 is 1.11 bits per heavy atom. The summed E-state index contributed by atoms with van der Waals surface area (Å²) in [6.07, 6.45) is 1.83. The van der Waals surface area contributed by atoms with E-state index in [0.717, 1.165) is 30.5 Å². The number of pyridine rings is 1. The second-order valence-corrected chi connectivity index (χ2v) is 7.77. The average molecular weight is 416 g/mol. The number of anilines is 1. The molecule has 8 nitrogen and oxygen atoms in total. The largest absolute Gasteiger partial charge is 0.472 e. The molecule has 3 N–H and O–H groups in total. The van der Waals surface area contributed by atoms with E-state index in [1.54, 1.807) is 0 Å². The first-order valence-corrected chi connectivity index (χ1v) is 9.93. The van der Waals surface area contributed by atoms with E-state index < -0.39 is 13.3 Å². The van der Waals surface area contributed by atoms with Gasteiger partial charge in [-0.3, -0.25) is 0 Å². The molecule has 0 amide bonds. The zero-order chi connectivity index (χ0) is 20.4. The van der Waals surface area contributed by atoms with Crippen molar-refractivity contribution in [1.82, 2.24) is 9.88 Å². The second kappa shape index (κ2) is 11.0. The number of nitrogens with zero attached hydrogens (tertiary/aromatic N) is 3. The van der Waals surface area contributed by atoms with Crippen LogP contribution in [0.15, 0.2) is 48.7 Å². The minimum Gasteiger partial charge on any atom is -0.472 e. The van der Waals surface area contributed by atoms with Crippen LogP contribution in [0.3, 0.4) is 0 Å². The van der Waals surface area contributed by atoms with E-state index in [4.69, 9.17) is 26.5 Å². The van der Waals surface area contributed by atoms with Crippen LogP contribution < -0.4 is 4.90 Å². The van der Waals surface area contributed by atoms with Gasteiger partial charge in [-0.15, -0.1) is 0 Å². The van der Waals surface area contributed by atoms with E-state index in [1.807, 2.05) is 36.5 Å². The maximum atomic E-state index is 9.43. The van der Waals surface area contributed by atoms with Crippen molar-refractivity contribution < 1.29 is 24.3 Å². The van der Waals surface area contributed by atoms with Gasteiger partial charge in [0.25, 0.3) is 0 Å². The standard InChI is InChI=1S/C16H20ClN3.CH3O5P/c1-19(2)11-12-20(16-5-3-4-10-18-16)13-14-6-8-15(17)9-7-14;2-1(3)7(4,5)6/h3-10H,11-13H2,1-2H3;(H,2,3)(H2,4,5,6). The van der Waals surface area contributed by atoms with Crippen molar-refractivity contribution in [3.8, 4) is 0 Å². The zero-order valence-electron chi connectivity index (χ0n) is 15.1. The van der Waals surface area contributed by atoms with Crippen LogP contribution in [0.1, 0.15) is 5.56 Å². The third-order valence-electron chi connectivity index (χ3n) is 3.33. The number of carboxylic acid groups (broad SMARTS) is 1. The fraction of sp³-hybridized carbons (Fsp3) is 0.294. The molecule has 0 fully saturated rings. The van der Waals surface area contributed by atoms with Crippen LogP contribution in [0.5, 0.6) is 0 Å². The monoisotopic (exact) mass is 415 g/mol. The van der Waals surface area contributed by atoms with Gasteiger partial charge in [-0.05, 0) is 43.9 Å². The Morgan fingerprint density at radius 2 is 1.70 bits per heavy atom. The van der Waals surface area contributed by atoms with Gasteiger partial charge in [-0.25, -0.2) is 14.3 Å². The maximum absolute atomic E-state index is 9.43. The number of likely N-dealkylation sites (N-methyl/N-ethyl adjacent to an activating group) is 1. The van der Waals surface area contributed by atoms with Gasteiger partial charge in [0.05, 0.1) is 0 Å². The predicted octanol–water partition coefficient (Wildman–Crippen LogP) is 3.15. The molecule has 1 aromatic heterocycles. The van der Waals surface area contributed by atoms with Gasteiger partial charge in [0.15, 0.2) is 0 Å². The van der Waals surface area contributed by atoms with E-state index in [0.29, 0.717) is 0 Å². The van der Waals surface area contributed by atoms with Crippen molar-refractivity contribution in [3.05, 3.63) is 59.2 Å².